The maximum absolute atomic E-state index is 13.9. The molecule has 0 radical (unpaired) electrons. The minimum Gasteiger partial charge on any atom is -0.444 e. The van der Waals surface area contributed by atoms with Gasteiger partial charge >= 0.3 is 6.09 Å². The number of carbonyl (C=O) groups is 4. The fourth-order valence-corrected chi connectivity index (χ4v) is 3.89. The van der Waals surface area contributed by atoms with Crippen LogP contribution >= 0.6 is 0 Å². The number of primary amides is 1. The maximum atomic E-state index is 13.9. The number of ether oxygens (including phenoxy) is 1. The van der Waals surface area contributed by atoms with Crippen molar-refractivity contribution in [2.24, 2.45) is 5.73 Å². The summed E-state index contributed by atoms with van der Waals surface area (Å²) in [6.45, 7) is 8.38. The van der Waals surface area contributed by atoms with E-state index in [4.69, 9.17) is 10.5 Å². The lowest BCUT2D eigenvalue weighted by Crippen LogP contribution is -2.52. The van der Waals surface area contributed by atoms with Gasteiger partial charge in [0.25, 0.3) is 5.91 Å². The molecule has 4 N–H and O–H groups in total. The molecule has 0 bridgehead atoms. The van der Waals surface area contributed by atoms with Crippen LogP contribution in [0.15, 0.2) is 48.5 Å². The Balaban J connectivity index is 2.53. The van der Waals surface area contributed by atoms with E-state index < -0.39 is 48.0 Å². The minimum atomic E-state index is -1.27. The third-order valence-electron chi connectivity index (χ3n) is 5.86. The Hall–Kier alpha value is -4.39. The van der Waals surface area contributed by atoms with Crippen molar-refractivity contribution in [2.45, 2.75) is 71.6 Å². The number of nitriles is 1. The lowest BCUT2D eigenvalue weighted by atomic mass is 9.99. The third kappa shape index (κ3) is 9.45. The van der Waals surface area contributed by atoms with Crippen molar-refractivity contribution >= 4 is 29.5 Å². The van der Waals surface area contributed by atoms with E-state index in [-0.39, 0.29) is 12.8 Å². The Morgan fingerprint density at radius 1 is 1.08 bits per heavy atom. The lowest BCUT2D eigenvalue weighted by Gasteiger charge is -2.33. The van der Waals surface area contributed by atoms with E-state index >= 15 is 0 Å². The van der Waals surface area contributed by atoms with Crippen LogP contribution in [0.1, 0.15) is 63.3 Å². The Morgan fingerprint density at radius 3 is 2.26 bits per heavy atom. The summed E-state index contributed by atoms with van der Waals surface area (Å²) in [6, 6.07) is 13.8. The number of nitrogens with zero attached hydrogens (tertiary/aromatic N) is 2. The van der Waals surface area contributed by atoms with Gasteiger partial charge in [-0.25, -0.2) is 4.79 Å². The van der Waals surface area contributed by atoms with Crippen molar-refractivity contribution in [1.82, 2.24) is 10.2 Å². The predicted octanol–water partition coefficient (Wildman–Crippen LogP) is 3.75. The smallest absolute Gasteiger partial charge is 0.408 e. The number of para-hydroxylation sites is 1. The number of carbonyl (C=O) groups excluding carboxylic acids is 4. The molecule has 2 aromatic rings. The Labute approximate surface area is 229 Å². The van der Waals surface area contributed by atoms with E-state index in [1.54, 1.807) is 45.0 Å². The SMILES string of the molecule is CCc1ccc(C(C(=O)Nc2ccccc2C)N(CC#N)C(=O)C(CCC(N)=O)NC(=O)OC(C)(C)C)cc1. The van der Waals surface area contributed by atoms with Gasteiger partial charge in [-0.2, -0.15) is 5.26 Å². The zero-order valence-electron chi connectivity index (χ0n) is 23.1. The molecule has 2 unspecified atom stereocenters. The summed E-state index contributed by atoms with van der Waals surface area (Å²) in [4.78, 5) is 52.8. The second kappa shape index (κ2) is 14.0. The Kier molecular flexibility index (Phi) is 11.0. The van der Waals surface area contributed by atoms with E-state index in [9.17, 15) is 24.4 Å². The first-order chi connectivity index (χ1) is 18.4. The summed E-state index contributed by atoms with van der Waals surface area (Å²) in [7, 11) is 0. The second-order valence-electron chi connectivity index (χ2n) is 10.1. The van der Waals surface area contributed by atoms with Gasteiger partial charge in [-0.3, -0.25) is 14.4 Å². The summed E-state index contributed by atoms with van der Waals surface area (Å²) >= 11 is 0. The number of nitrogens with two attached hydrogens (primary N) is 1. The topological polar surface area (TPSA) is 155 Å². The number of aryl methyl sites for hydroxylation is 2. The van der Waals surface area contributed by atoms with Crippen LogP contribution in [0.5, 0.6) is 0 Å². The van der Waals surface area contributed by atoms with Crippen LogP contribution in [0.25, 0.3) is 0 Å². The minimum absolute atomic E-state index is 0.143. The van der Waals surface area contributed by atoms with Gasteiger partial charge in [0.2, 0.25) is 11.8 Å². The van der Waals surface area contributed by atoms with Crippen molar-refractivity contribution in [1.29, 1.82) is 5.26 Å². The average molecular weight is 536 g/mol. The van der Waals surface area contributed by atoms with E-state index in [0.717, 1.165) is 22.4 Å². The number of hydrogen-bond acceptors (Lipinski definition) is 6. The highest BCUT2D eigenvalue weighted by atomic mass is 16.6. The highest BCUT2D eigenvalue weighted by molar-refractivity contribution is 5.99. The number of rotatable bonds is 11. The highest BCUT2D eigenvalue weighted by Gasteiger charge is 2.36. The summed E-state index contributed by atoms with van der Waals surface area (Å²) in [5.74, 6) is -1.94. The summed E-state index contributed by atoms with van der Waals surface area (Å²) in [5.41, 5.74) is 7.35. The van der Waals surface area contributed by atoms with E-state index in [1.165, 1.54) is 0 Å². The van der Waals surface area contributed by atoms with Crippen LogP contribution in [-0.4, -0.2) is 46.9 Å². The van der Waals surface area contributed by atoms with Crippen LogP contribution in [0.2, 0.25) is 0 Å². The highest BCUT2D eigenvalue weighted by Crippen LogP contribution is 2.26. The molecule has 39 heavy (non-hydrogen) atoms. The van der Waals surface area contributed by atoms with E-state index in [1.807, 2.05) is 44.2 Å². The second-order valence-corrected chi connectivity index (χ2v) is 10.1. The van der Waals surface area contributed by atoms with Crippen molar-refractivity contribution in [2.75, 3.05) is 11.9 Å². The van der Waals surface area contributed by atoms with Gasteiger partial charge < -0.3 is 26.0 Å². The quantitative estimate of drug-likeness (QED) is 0.372. The first-order valence-corrected chi connectivity index (χ1v) is 12.8. The standard InChI is InChI=1S/C29H37N5O5/c1-6-20-11-13-21(14-12-20)25(26(36)32-22-10-8-7-9-19(22)2)34(18-17-30)27(37)23(15-16-24(31)35)33-28(38)39-29(3,4)5/h7-14,23,25H,6,15-16,18H2,1-5H3,(H2,31,35)(H,32,36)(H,33,38). The van der Waals surface area contributed by atoms with Gasteiger partial charge in [0.05, 0.1) is 6.07 Å². The number of benzene rings is 2. The zero-order chi connectivity index (χ0) is 29.2. The number of nitrogens with one attached hydrogen (secondary N) is 2. The van der Waals surface area contributed by atoms with Crippen molar-refractivity contribution in [3.05, 3.63) is 65.2 Å². The van der Waals surface area contributed by atoms with Crippen molar-refractivity contribution < 1.29 is 23.9 Å². The molecule has 0 saturated carbocycles. The van der Waals surface area contributed by atoms with Gasteiger partial charge in [0.15, 0.2) is 0 Å². The molecule has 0 aliphatic rings. The molecule has 0 spiro atoms. The molecule has 0 fully saturated rings. The fraction of sp³-hybridized carbons (Fsp3) is 0.414. The molecule has 2 rings (SSSR count). The fourth-order valence-electron chi connectivity index (χ4n) is 3.89. The molecule has 10 nitrogen and oxygen atoms in total. The molecule has 0 aliphatic carbocycles. The van der Waals surface area contributed by atoms with Crippen LogP contribution in [0.4, 0.5) is 10.5 Å². The predicted molar refractivity (Wildman–Crippen MR) is 147 cm³/mol. The van der Waals surface area contributed by atoms with Crippen LogP contribution in [0.3, 0.4) is 0 Å². The van der Waals surface area contributed by atoms with Gasteiger partial charge in [-0.1, -0.05) is 49.4 Å². The van der Waals surface area contributed by atoms with Crippen LogP contribution in [0, 0.1) is 18.3 Å². The number of anilines is 1. The molecule has 0 aromatic heterocycles. The first-order valence-electron chi connectivity index (χ1n) is 12.8. The largest absolute Gasteiger partial charge is 0.444 e. The Bertz CT molecular complexity index is 1210. The average Bonchev–Trinajstić information content (AvgIpc) is 2.86. The molecule has 2 aromatic carbocycles. The van der Waals surface area contributed by atoms with E-state index in [2.05, 4.69) is 10.6 Å². The number of amides is 4. The van der Waals surface area contributed by atoms with Crippen molar-refractivity contribution in [3.8, 4) is 6.07 Å². The molecule has 0 aliphatic heterocycles. The van der Waals surface area contributed by atoms with Crippen LogP contribution < -0.4 is 16.4 Å². The number of hydrogen-bond donors (Lipinski definition) is 3. The Morgan fingerprint density at radius 2 is 1.72 bits per heavy atom. The molecule has 4 amide bonds. The zero-order valence-corrected chi connectivity index (χ0v) is 23.1. The molecular formula is C29H37N5O5. The molecule has 0 saturated heterocycles. The van der Waals surface area contributed by atoms with Gasteiger partial charge in [0, 0.05) is 12.1 Å². The summed E-state index contributed by atoms with van der Waals surface area (Å²) in [5, 5.41) is 15.0. The van der Waals surface area contributed by atoms with Gasteiger partial charge in [-0.15, -0.1) is 0 Å². The normalized spacial score (nSPS) is 12.4. The molecule has 0 heterocycles. The third-order valence-corrected chi connectivity index (χ3v) is 5.86. The molecule has 10 heteroatoms. The lowest BCUT2D eigenvalue weighted by molar-refractivity contribution is -0.140. The van der Waals surface area contributed by atoms with Gasteiger partial charge in [0.1, 0.15) is 24.2 Å². The first kappa shape index (κ1) is 30.8. The van der Waals surface area contributed by atoms with Crippen LogP contribution in [-0.2, 0) is 25.5 Å². The molecule has 2 atom stereocenters. The summed E-state index contributed by atoms with van der Waals surface area (Å²) in [6.07, 6.45) is -0.458. The monoisotopic (exact) mass is 535 g/mol. The maximum Gasteiger partial charge on any atom is 0.408 e. The van der Waals surface area contributed by atoms with E-state index in [0.29, 0.717) is 11.3 Å². The molecule has 208 valence electrons. The molecular weight excluding hydrogens is 498 g/mol. The van der Waals surface area contributed by atoms with Crippen molar-refractivity contribution in [3.63, 3.8) is 0 Å². The summed E-state index contributed by atoms with van der Waals surface area (Å²) < 4.78 is 5.29. The van der Waals surface area contributed by atoms with Gasteiger partial charge in [-0.05, 0) is 63.3 Å². The number of alkyl carbamates (subject to hydrolysis) is 1.